The fraction of sp³-hybridized carbons (Fsp3) is 0.333. The minimum absolute atomic E-state index is 0.0853. The molecule has 0 aliphatic carbocycles. The highest BCUT2D eigenvalue weighted by molar-refractivity contribution is 7.98. The highest BCUT2D eigenvalue weighted by atomic mass is 32.2. The van der Waals surface area contributed by atoms with Crippen molar-refractivity contribution in [2.75, 3.05) is 19.3 Å². The normalized spacial score (nSPS) is 17.9. The van der Waals surface area contributed by atoms with Crippen LogP contribution in [0.25, 0.3) is 5.13 Å². The number of rotatable bonds is 6. The van der Waals surface area contributed by atoms with Crippen molar-refractivity contribution in [3.63, 3.8) is 0 Å². The number of ketones is 1. The van der Waals surface area contributed by atoms with Gasteiger partial charge in [-0.1, -0.05) is 12.1 Å². The Kier molecular flexibility index (Phi) is 5.76. The molecular weight excluding hydrogens is 374 g/mol. The van der Waals surface area contributed by atoms with Gasteiger partial charge in [-0.2, -0.15) is 0 Å². The molecule has 3 heterocycles. The van der Waals surface area contributed by atoms with E-state index in [2.05, 4.69) is 39.0 Å². The molecule has 1 aromatic carbocycles. The van der Waals surface area contributed by atoms with Gasteiger partial charge in [0.1, 0.15) is 0 Å². The molecule has 4 nitrogen and oxygen atoms in total. The van der Waals surface area contributed by atoms with E-state index in [0.29, 0.717) is 0 Å². The van der Waals surface area contributed by atoms with Gasteiger partial charge in [0.2, 0.25) is 0 Å². The quantitative estimate of drug-likeness (QED) is 0.444. The fourth-order valence-corrected chi connectivity index (χ4v) is 4.76. The number of hydrogen-bond acceptors (Lipinski definition) is 5. The van der Waals surface area contributed by atoms with E-state index in [4.69, 9.17) is 0 Å². The van der Waals surface area contributed by atoms with Gasteiger partial charge < -0.3 is 0 Å². The van der Waals surface area contributed by atoms with Gasteiger partial charge in [-0.25, -0.2) is 4.98 Å². The van der Waals surface area contributed by atoms with Crippen molar-refractivity contribution < 1.29 is 4.79 Å². The van der Waals surface area contributed by atoms with E-state index >= 15 is 0 Å². The number of thioether (sulfide) groups is 1. The summed E-state index contributed by atoms with van der Waals surface area (Å²) in [7, 11) is 0. The van der Waals surface area contributed by atoms with Crippen molar-refractivity contribution in [1.82, 2.24) is 14.5 Å². The van der Waals surface area contributed by atoms with Gasteiger partial charge in [-0.05, 0) is 49.9 Å². The SMILES string of the molecule is CSc1ccc(C(=O)[C@H]2CCCN(Cc3cccn3-c3nccs3)C2)cc1. The molecule has 0 amide bonds. The van der Waals surface area contributed by atoms with Crippen molar-refractivity contribution in [1.29, 1.82) is 0 Å². The van der Waals surface area contributed by atoms with E-state index in [0.717, 1.165) is 43.2 Å². The molecule has 4 rings (SSSR count). The number of piperidine rings is 1. The highest BCUT2D eigenvalue weighted by Gasteiger charge is 2.27. The first-order valence-corrected chi connectivity index (χ1v) is 11.3. The number of likely N-dealkylation sites (tertiary alicyclic amines) is 1. The van der Waals surface area contributed by atoms with Crippen LogP contribution >= 0.6 is 23.1 Å². The van der Waals surface area contributed by atoms with E-state index in [1.165, 1.54) is 10.6 Å². The summed E-state index contributed by atoms with van der Waals surface area (Å²) in [6, 6.07) is 12.2. The average molecular weight is 398 g/mol. The lowest BCUT2D eigenvalue weighted by Crippen LogP contribution is -2.38. The van der Waals surface area contributed by atoms with Gasteiger partial charge >= 0.3 is 0 Å². The van der Waals surface area contributed by atoms with Crippen LogP contribution in [0.5, 0.6) is 0 Å². The third-order valence-electron chi connectivity index (χ3n) is 5.09. The highest BCUT2D eigenvalue weighted by Crippen LogP contribution is 2.25. The molecule has 6 heteroatoms. The van der Waals surface area contributed by atoms with Crippen molar-refractivity contribution in [2.24, 2.45) is 5.92 Å². The maximum absolute atomic E-state index is 13.0. The Balaban J connectivity index is 1.44. The van der Waals surface area contributed by atoms with E-state index in [-0.39, 0.29) is 11.7 Å². The molecule has 1 saturated heterocycles. The summed E-state index contributed by atoms with van der Waals surface area (Å²) in [5, 5.41) is 2.99. The first-order chi connectivity index (χ1) is 13.2. The van der Waals surface area contributed by atoms with Gasteiger partial charge in [-0.3, -0.25) is 14.3 Å². The molecule has 1 fully saturated rings. The number of Topliss-reactive ketones (excluding diaryl/α,β-unsaturated/α-hetero) is 1. The van der Waals surface area contributed by atoms with Gasteiger partial charge in [0.25, 0.3) is 0 Å². The van der Waals surface area contributed by atoms with Crippen molar-refractivity contribution in [2.45, 2.75) is 24.3 Å². The third kappa shape index (κ3) is 4.18. The Hall–Kier alpha value is -1.89. The number of thiazole rings is 1. The summed E-state index contributed by atoms with van der Waals surface area (Å²) >= 11 is 3.34. The predicted molar refractivity (Wildman–Crippen MR) is 112 cm³/mol. The van der Waals surface area contributed by atoms with Crippen LogP contribution in [0, 0.1) is 5.92 Å². The molecule has 0 unspecified atom stereocenters. The smallest absolute Gasteiger partial charge is 0.193 e. The largest absolute Gasteiger partial charge is 0.297 e. The first kappa shape index (κ1) is 18.5. The second kappa shape index (κ2) is 8.42. The topological polar surface area (TPSA) is 38.1 Å². The average Bonchev–Trinajstić information content (AvgIpc) is 3.39. The fourth-order valence-electron chi connectivity index (χ4n) is 3.70. The molecule has 1 aliphatic rings. The van der Waals surface area contributed by atoms with E-state index in [9.17, 15) is 4.79 Å². The van der Waals surface area contributed by atoms with E-state index < -0.39 is 0 Å². The summed E-state index contributed by atoms with van der Waals surface area (Å²) in [6.07, 6.45) is 8.00. The van der Waals surface area contributed by atoms with Crippen LogP contribution in [0.1, 0.15) is 28.9 Å². The summed E-state index contributed by atoms with van der Waals surface area (Å²) < 4.78 is 2.15. The molecule has 0 radical (unpaired) electrons. The van der Waals surface area contributed by atoms with Crippen LogP contribution in [0.3, 0.4) is 0 Å². The summed E-state index contributed by atoms with van der Waals surface area (Å²) in [4.78, 5) is 21.0. The molecule has 140 valence electrons. The molecule has 0 spiro atoms. The summed E-state index contributed by atoms with van der Waals surface area (Å²) in [5.41, 5.74) is 2.06. The van der Waals surface area contributed by atoms with Crippen LogP contribution in [0.15, 0.2) is 59.1 Å². The van der Waals surface area contributed by atoms with Crippen LogP contribution in [-0.2, 0) is 6.54 Å². The number of benzene rings is 1. The number of carbonyl (C=O) groups excluding carboxylic acids is 1. The Morgan fingerprint density at radius 2 is 2.15 bits per heavy atom. The van der Waals surface area contributed by atoms with Crippen molar-refractivity contribution >= 4 is 28.9 Å². The standard InChI is InChI=1S/C21H23N3OS2/c1-26-19-8-6-16(7-9-19)20(25)17-4-2-11-23(14-17)15-18-5-3-12-24(18)21-22-10-13-27-21/h3,5-10,12-13,17H,2,4,11,14-15H2,1H3/t17-/m0/s1. The monoisotopic (exact) mass is 397 g/mol. The maximum atomic E-state index is 13.0. The summed E-state index contributed by atoms with van der Waals surface area (Å²) in [6.45, 7) is 2.71. The Morgan fingerprint density at radius 3 is 2.89 bits per heavy atom. The Bertz CT molecular complexity index is 887. The maximum Gasteiger partial charge on any atom is 0.193 e. The van der Waals surface area contributed by atoms with Gasteiger partial charge in [-0.15, -0.1) is 23.1 Å². The molecular formula is C21H23N3OS2. The number of hydrogen-bond donors (Lipinski definition) is 0. The van der Waals surface area contributed by atoms with Crippen LogP contribution in [-0.4, -0.2) is 39.6 Å². The number of nitrogens with zero attached hydrogens (tertiary/aromatic N) is 3. The predicted octanol–water partition coefficient (Wildman–Crippen LogP) is 4.75. The molecule has 0 saturated carbocycles. The van der Waals surface area contributed by atoms with E-state index in [1.54, 1.807) is 23.1 Å². The zero-order chi connectivity index (χ0) is 18.6. The molecule has 1 atom stereocenters. The van der Waals surface area contributed by atoms with Crippen molar-refractivity contribution in [3.05, 3.63) is 65.4 Å². The first-order valence-electron chi connectivity index (χ1n) is 9.21. The second-order valence-corrected chi connectivity index (χ2v) is 8.60. The Morgan fingerprint density at radius 1 is 1.30 bits per heavy atom. The minimum atomic E-state index is 0.0853. The lowest BCUT2D eigenvalue weighted by Gasteiger charge is -2.32. The summed E-state index contributed by atoms with van der Waals surface area (Å²) in [5.74, 6) is 0.366. The zero-order valence-electron chi connectivity index (χ0n) is 15.4. The molecule has 0 N–H and O–H groups in total. The molecule has 2 aromatic heterocycles. The van der Waals surface area contributed by atoms with Gasteiger partial charge in [0.05, 0.1) is 0 Å². The van der Waals surface area contributed by atoms with Crippen LogP contribution < -0.4 is 0 Å². The lowest BCUT2D eigenvalue weighted by molar-refractivity contribution is 0.0809. The molecule has 0 bridgehead atoms. The minimum Gasteiger partial charge on any atom is -0.297 e. The van der Waals surface area contributed by atoms with Crippen LogP contribution in [0.2, 0.25) is 0 Å². The van der Waals surface area contributed by atoms with Crippen molar-refractivity contribution in [3.8, 4) is 5.13 Å². The number of aromatic nitrogens is 2. The van der Waals surface area contributed by atoms with Crippen LogP contribution in [0.4, 0.5) is 0 Å². The zero-order valence-corrected chi connectivity index (χ0v) is 17.0. The third-order valence-corrected chi connectivity index (χ3v) is 6.61. The second-order valence-electron chi connectivity index (χ2n) is 6.85. The Labute approximate surface area is 168 Å². The molecule has 3 aromatic rings. The molecule has 1 aliphatic heterocycles. The van der Waals surface area contributed by atoms with Gasteiger partial charge in [0, 0.05) is 52.9 Å². The lowest BCUT2D eigenvalue weighted by atomic mass is 9.90. The molecule has 27 heavy (non-hydrogen) atoms. The number of carbonyl (C=O) groups is 1. The van der Waals surface area contributed by atoms with Gasteiger partial charge in [0.15, 0.2) is 10.9 Å². The van der Waals surface area contributed by atoms with E-state index in [1.807, 2.05) is 35.8 Å².